The van der Waals surface area contributed by atoms with Crippen molar-refractivity contribution in [3.8, 4) is 11.1 Å². The molecule has 32 heavy (non-hydrogen) atoms. The topological polar surface area (TPSA) is 9.23 Å². The van der Waals surface area contributed by atoms with E-state index in [2.05, 4.69) is 68.1 Å². The molecule has 0 aliphatic heterocycles. The highest BCUT2D eigenvalue weighted by molar-refractivity contribution is 5.64. The van der Waals surface area contributed by atoms with Crippen LogP contribution in [-0.2, 0) is 11.3 Å². The van der Waals surface area contributed by atoms with E-state index in [1.807, 2.05) is 0 Å². The number of benzene rings is 2. The molecule has 0 spiro atoms. The predicted octanol–water partition coefficient (Wildman–Crippen LogP) is 8.94. The summed E-state index contributed by atoms with van der Waals surface area (Å²) < 4.78 is 5.65. The molecule has 0 bridgehead atoms. The number of ether oxygens (including phenoxy) is 1. The van der Waals surface area contributed by atoms with Crippen LogP contribution in [-0.4, -0.2) is 6.61 Å². The first-order valence-corrected chi connectivity index (χ1v) is 13.1. The van der Waals surface area contributed by atoms with Gasteiger partial charge in [0, 0.05) is 6.61 Å². The van der Waals surface area contributed by atoms with Crippen molar-refractivity contribution in [1.82, 2.24) is 0 Å². The molecule has 172 valence electrons. The predicted molar refractivity (Wildman–Crippen MR) is 137 cm³/mol. The Morgan fingerprint density at radius 2 is 1.34 bits per heavy atom. The summed E-state index contributed by atoms with van der Waals surface area (Å²) in [4.78, 5) is 0. The molecule has 2 fully saturated rings. The highest BCUT2D eigenvalue weighted by Gasteiger charge is 2.30. The first kappa shape index (κ1) is 23.3. The van der Waals surface area contributed by atoms with Crippen molar-refractivity contribution >= 4 is 0 Å². The molecule has 0 aromatic heterocycles. The third kappa shape index (κ3) is 6.13. The molecule has 4 rings (SSSR count). The van der Waals surface area contributed by atoms with Crippen molar-refractivity contribution in [3.63, 3.8) is 0 Å². The Morgan fingerprint density at radius 3 is 1.91 bits per heavy atom. The van der Waals surface area contributed by atoms with Gasteiger partial charge in [-0.25, -0.2) is 0 Å². The van der Waals surface area contributed by atoms with Crippen molar-refractivity contribution < 1.29 is 4.74 Å². The first-order chi connectivity index (χ1) is 15.8. The lowest BCUT2D eigenvalue weighted by molar-refractivity contribution is 0.121. The second-order valence-electron chi connectivity index (χ2n) is 10.3. The van der Waals surface area contributed by atoms with Crippen LogP contribution in [0.25, 0.3) is 11.1 Å². The molecule has 2 saturated carbocycles. The van der Waals surface area contributed by atoms with E-state index in [1.165, 1.54) is 74.5 Å². The fourth-order valence-electron chi connectivity index (χ4n) is 6.13. The second-order valence-corrected chi connectivity index (χ2v) is 10.3. The zero-order chi connectivity index (χ0) is 22.2. The SMILES string of the molecule is C=CC[C@H]1CC[C@H](C2CCC(c3ccc(-c4ccc(COCCC)cc4)cc3)CC2)CC1. The second kappa shape index (κ2) is 11.8. The van der Waals surface area contributed by atoms with Crippen LogP contribution in [0.3, 0.4) is 0 Å². The van der Waals surface area contributed by atoms with Crippen molar-refractivity contribution in [2.45, 2.75) is 83.7 Å². The monoisotopic (exact) mass is 430 g/mol. The summed E-state index contributed by atoms with van der Waals surface area (Å²) in [5.41, 5.74) is 5.42. The number of allylic oxidation sites excluding steroid dienone is 1. The molecule has 1 heteroatoms. The van der Waals surface area contributed by atoms with Crippen LogP contribution in [0.15, 0.2) is 61.2 Å². The maximum Gasteiger partial charge on any atom is 0.0716 e. The molecule has 0 amide bonds. The van der Waals surface area contributed by atoms with E-state index >= 15 is 0 Å². The van der Waals surface area contributed by atoms with Crippen LogP contribution < -0.4 is 0 Å². The van der Waals surface area contributed by atoms with Gasteiger partial charge in [-0.05, 0) is 110 Å². The molecule has 0 atom stereocenters. The molecule has 0 saturated heterocycles. The van der Waals surface area contributed by atoms with Gasteiger partial charge in [0.25, 0.3) is 0 Å². The summed E-state index contributed by atoms with van der Waals surface area (Å²) in [5, 5.41) is 0. The third-order valence-corrected chi connectivity index (χ3v) is 8.12. The van der Waals surface area contributed by atoms with E-state index in [4.69, 9.17) is 4.74 Å². The standard InChI is InChI=1S/C31H42O/c1-3-5-24-6-10-26(11-7-24)28-14-18-30(19-15-28)31-20-16-29(17-21-31)27-12-8-25(9-13-27)23-32-22-4-2/h3,8-9,12-13,16-17,20-21,24,26,28,30H,1,4-7,10-11,14-15,18-19,22-23H2,2H3/t24-,26-,28?,30?. The Hall–Kier alpha value is -1.86. The Balaban J connectivity index is 1.26. The molecule has 2 aromatic rings. The van der Waals surface area contributed by atoms with E-state index in [1.54, 1.807) is 5.56 Å². The minimum atomic E-state index is 0.714. The van der Waals surface area contributed by atoms with Gasteiger partial charge in [-0.3, -0.25) is 0 Å². The summed E-state index contributed by atoms with van der Waals surface area (Å²) in [5.74, 6) is 3.66. The number of rotatable bonds is 9. The van der Waals surface area contributed by atoms with Gasteiger partial charge in [-0.15, -0.1) is 6.58 Å². The van der Waals surface area contributed by atoms with E-state index in [0.29, 0.717) is 6.61 Å². The van der Waals surface area contributed by atoms with Gasteiger partial charge >= 0.3 is 0 Å². The van der Waals surface area contributed by atoms with Crippen molar-refractivity contribution in [1.29, 1.82) is 0 Å². The lowest BCUT2D eigenvalue weighted by atomic mass is 9.68. The fraction of sp³-hybridized carbons (Fsp3) is 0.548. The molecule has 0 radical (unpaired) electrons. The summed E-state index contributed by atoms with van der Waals surface area (Å²) in [6, 6.07) is 18.3. The zero-order valence-corrected chi connectivity index (χ0v) is 20.1. The van der Waals surface area contributed by atoms with Crippen LogP contribution in [0, 0.1) is 17.8 Å². The van der Waals surface area contributed by atoms with Gasteiger partial charge in [0.2, 0.25) is 0 Å². The van der Waals surface area contributed by atoms with Gasteiger partial charge in [0.15, 0.2) is 0 Å². The summed E-state index contributed by atoms with van der Waals surface area (Å²) in [7, 11) is 0. The largest absolute Gasteiger partial charge is 0.377 e. The molecule has 2 aliphatic carbocycles. The lowest BCUT2D eigenvalue weighted by Gasteiger charge is -2.38. The first-order valence-electron chi connectivity index (χ1n) is 13.1. The third-order valence-electron chi connectivity index (χ3n) is 8.12. The minimum Gasteiger partial charge on any atom is -0.377 e. The molecule has 1 nitrogen and oxygen atoms in total. The summed E-state index contributed by atoms with van der Waals surface area (Å²) in [6.45, 7) is 7.63. The zero-order valence-electron chi connectivity index (χ0n) is 20.1. The Morgan fingerprint density at radius 1 is 0.781 bits per heavy atom. The van der Waals surface area contributed by atoms with Crippen LogP contribution >= 0.6 is 0 Å². The van der Waals surface area contributed by atoms with E-state index < -0.39 is 0 Å². The summed E-state index contributed by atoms with van der Waals surface area (Å²) in [6.07, 6.45) is 15.9. The van der Waals surface area contributed by atoms with Crippen molar-refractivity contribution in [3.05, 3.63) is 72.3 Å². The average molecular weight is 431 g/mol. The molecular weight excluding hydrogens is 388 g/mol. The van der Waals surface area contributed by atoms with Gasteiger partial charge < -0.3 is 4.74 Å². The molecule has 0 heterocycles. The lowest BCUT2D eigenvalue weighted by Crippen LogP contribution is -2.25. The van der Waals surface area contributed by atoms with Crippen molar-refractivity contribution in [2.75, 3.05) is 6.61 Å². The minimum absolute atomic E-state index is 0.714. The van der Waals surface area contributed by atoms with E-state index in [9.17, 15) is 0 Å². The fourth-order valence-corrected chi connectivity index (χ4v) is 6.13. The van der Waals surface area contributed by atoms with E-state index in [-0.39, 0.29) is 0 Å². The maximum absolute atomic E-state index is 5.65. The van der Waals surface area contributed by atoms with Crippen LogP contribution in [0.5, 0.6) is 0 Å². The van der Waals surface area contributed by atoms with Crippen molar-refractivity contribution in [2.24, 2.45) is 17.8 Å². The summed E-state index contributed by atoms with van der Waals surface area (Å²) >= 11 is 0. The number of hydrogen-bond donors (Lipinski definition) is 0. The Labute approximate surface area is 196 Å². The quantitative estimate of drug-likeness (QED) is 0.285. The molecule has 2 aromatic carbocycles. The number of hydrogen-bond acceptors (Lipinski definition) is 1. The Kier molecular flexibility index (Phi) is 8.62. The van der Waals surface area contributed by atoms with E-state index in [0.717, 1.165) is 36.7 Å². The van der Waals surface area contributed by atoms with Crippen LogP contribution in [0.1, 0.15) is 88.2 Å². The highest BCUT2D eigenvalue weighted by atomic mass is 16.5. The molecule has 2 aliphatic rings. The van der Waals surface area contributed by atoms with Crippen LogP contribution in [0.4, 0.5) is 0 Å². The highest BCUT2D eigenvalue weighted by Crippen LogP contribution is 2.44. The van der Waals surface area contributed by atoms with Gasteiger partial charge in [-0.2, -0.15) is 0 Å². The van der Waals surface area contributed by atoms with Gasteiger partial charge in [0.05, 0.1) is 6.61 Å². The average Bonchev–Trinajstić information content (AvgIpc) is 2.86. The van der Waals surface area contributed by atoms with Gasteiger partial charge in [-0.1, -0.05) is 61.5 Å². The molecule has 0 N–H and O–H groups in total. The molecule has 0 unspecified atom stereocenters. The van der Waals surface area contributed by atoms with Crippen LogP contribution in [0.2, 0.25) is 0 Å². The Bertz CT molecular complexity index is 803. The van der Waals surface area contributed by atoms with Gasteiger partial charge in [0.1, 0.15) is 0 Å². The smallest absolute Gasteiger partial charge is 0.0716 e. The molecular formula is C31H42O. The normalized spacial score (nSPS) is 26.0. The maximum atomic E-state index is 5.65.